The summed E-state index contributed by atoms with van der Waals surface area (Å²) < 4.78 is 15.3. The van der Waals surface area contributed by atoms with Crippen LogP contribution in [0.1, 0.15) is 85.0 Å². The van der Waals surface area contributed by atoms with Gasteiger partial charge in [0.05, 0.1) is 0 Å². The predicted molar refractivity (Wildman–Crippen MR) is 95.0 cm³/mol. The van der Waals surface area contributed by atoms with Gasteiger partial charge in [0.25, 0.3) is 0 Å². The van der Waals surface area contributed by atoms with E-state index in [1.54, 1.807) is 13.8 Å². The largest absolute Gasteiger partial charge is 0.462 e. The Morgan fingerprint density at radius 2 is 1.20 bits per heavy atom. The Kier molecular flexibility index (Phi) is 14.9. The van der Waals surface area contributed by atoms with Crippen LogP contribution in [-0.4, -0.2) is 37.2 Å². The van der Waals surface area contributed by atoms with Gasteiger partial charge in [-0.25, -0.2) is 0 Å². The maximum atomic E-state index is 11.8. The molecule has 0 aliphatic rings. The lowest BCUT2D eigenvalue weighted by Gasteiger charge is -2.17. The molecule has 0 aliphatic carbocycles. The van der Waals surface area contributed by atoms with Crippen molar-refractivity contribution < 1.29 is 28.6 Å². The van der Waals surface area contributed by atoms with Gasteiger partial charge >= 0.3 is 17.9 Å². The average molecular weight is 358 g/mol. The fourth-order valence-electron chi connectivity index (χ4n) is 2.16. The fourth-order valence-corrected chi connectivity index (χ4v) is 2.16. The van der Waals surface area contributed by atoms with Crippen LogP contribution in [0.2, 0.25) is 0 Å². The Bertz CT molecular complexity index is 380. The molecule has 25 heavy (non-hydrogen) atoms. The van der Waals surface area contributed by atoms with E-state index >= 15 is 0 Å². The van der Waals surface area contributed by atoms with Crippen molar-refractivity contribution in [2.24, 2.45) is 0 Å². The lowest BCUT2D eigenvalue weighted by molar-refractivity contribution is -0.166. The molecule has 0 fully saturated rings. The first-order chi connectivity index (χ1) is 12.0. The van der Waals surface area contributed by atoms with Crippen LogP contribution in [0.25, 0.3) is 0 Å². The highest BCUT2D eigenvalue weighted by molar-refractivity contribution is 5.70. The summed E-state index contributed by atoms with van der Waals surface area (Å²) in [6.45, 7) is 5.35. The minimum Gasteiger partial charge on any atom is -0.462 e. The minimum absolute atomic E-state index is 0.0853. The van der Waals surface area contributed by atoms with Crippen molar-refractivity contribution in [1.29, 1.82) is 0 Å². The summed E-state index contributed by atoms with van der Waals surface area (Å²) >= 11 is 0. The highest BCUT2D eigenvalue weighted by atomic mass is 16.6. The fraction of sp³-hybridized carbons (Fsp3) is 0.842. The Morgan fingerprint density at radius 1 is 0.680 bits per heavy atom. The molecule has 0 saturated carbocycles. The molecule has 0 aromatic rings. The molecule has 0 aromatic heterocycles. The lowest BCUT2D eigenvalue weighted by Crippen LogP contribution is -2.30. The van der Waals surface area contributed by atoms with E-state index in [0.29, 0.717) is 6.42 Å². The molecule has 0 rings (SSSR count). The van der Waals surface area contributed by atoms with Crippen LogP contribution in [0.3, 0.4) is 0 Å². The lowest BCUT2D eigenvalue weighted by atomic mass is 10.1. The molecule has 6 nitrogen and oxygen atoms in total. The van der Waals surface area contributed by atoms with Crippen molar-refractivity contribution in [2.75, 3.05) is 13.2 Å². The van der Waals surface area contributed by atoms with E-state index < -0.39 is 12.1 Å². The second-order valence-corrected chi connectivity index (χ2v) is 6.06. The standard InChI is InChI=1S/C19H34O6/c1-4-7-8-9-10-11-12-13-19(22)24-15-16(25-18(21)6-3)14-23-17(20)5-2/h16H,4-15H2,1-3H3. The monoisotopic (exact) mass is 358 g/mol. The van der Waals surface area contributed by atoms with Crippen LogP contribution in [0.4, 0.5) is 0 Å². The van der Waals surface area contributed by atoms with Crippen molar-refractivity contribution >= 4 is 17.9 Å². The maximum Gasteiger partial charge on any atom is 0.306 e. The molecule has 0 N–H and O–H groups in total. The number of esters is 3. The van der Waals surface area contributed by atoms with Crippen LogP contribution in [0.15, 0.2) is 0 Å². The molecule has 0 spiro atoms. The van der Waals surface area contributed by atoms with Gasteiger partial charge in [0.2, 0.25) is 0 Å². The first-order valence-electron chi connectivity index (χ1n) is 9.54. The number of carbonyl (C=O) groups excluding carboxylic acids is 3. The third-order valence-electron chi connectivity index (χ3n) is 3.72. The van der Waals surface area contributed by atoms with Gasteiger partial charge in [-0.15, -0.1) is 0 Å². The van der Waals surface area contributed by atoms with Crippen molar-refractivity contribution in [2.45, 2.75) is 91.1 Å². The van der Waals surface area contributed by atoms with Gasteiger partial charge in [0.15, 0.2) is 6.10 Å². The molecule has 0 saturated heterocycles. The zero-order valence-corrected chi connectivity index (χ0v) is 16.0. The Hall–Kier alpha value is -1.59. The van der Waals surface area contributed by atoms with Crippen LogP contribution >= 0.6 is 0 Å². The molecule has 146 valence electrons. The molecule has 0 bridgehead atoms. The Balaban J connectivity index is 3.97. The minimum atomic E-state index is -0.749. The summed E-state index contributed by atoms with van der Waals surface area (Å²) in [4.78, 5) is 34.4. The molecular weight excluding hydrogens is 324 g/mol. The van der Waals surface area contributed by atoms with Crippen LogP contribution in [0, 0.1) is 0 Å². The number of hydrogen-bond acceptors (Lipinski definition) is 6. The van der Waals surface area contributed by atoms with Crippen LogP contribution < -0.4 is 0 Å². The average Bonchev–Trinajstić information content (AvgIpc) is 2.62. The van der Waals surface area contributed by atoms with E-state index in [-0.39, 0.29) is 38.0 Å². The topological polar surface area (TPSA) is 78.9 Å². The van der Waals surface area contributed by atoms with Gasteiger partial charge in [-0.05, 0) is 6.42 Å². The summed E-state index contributed by atoms with van der Waals surface area (Å²) in [6.07, 6.45) is 7.97. The highest BCUT2D eigenvalue weighted by Gasteiger charge is 2.18. The SMILES string of the molecule is CCCCCCCCCC(=O)OCC(COC(=O)CC)OC(=O)CC. The normalized spacial score (nSPS) is 11.6. The zero-order chi connectivity index (χ0) is 18.9. The second-order valence-electron chi connectivity index (χ2n) is 6.06. The van der Waals surface area contributed by atoms with Gasteiger partial charge < -0.3 is 14.2 Å². The number of hydrogen-bond donors (Lipinski definition) is 0. The third-order valence-corrected chi connectivity index (χ3v) is 3.72. The van der Waals surface area contributed by atoms with Crippen molar-refractivity contribution in [3.63, 3.8) is 0 Å². The van der Waals surface area contributed by atoms with Crippen molar-refractivity contribution in [3.8, 4) is 0 Å². The number of carbonyl (C=O) groups is 3. The molecule has 0 aromatic carbocycles. The molecule has 1 unspecified atom stereocenters. The van der Waals surface area contributed by atoms with Gasteiger partial charge in [-0.2, -0.15) is 0 Å². The van der Waals surface area contributed by atoms with Gasteiger partial charge in [-0.1, -0.05) is 59.3 Å². The second kappa shape index (κ2) is 15.9. The van der Waals surface area contributed by atoms with Gasteiger partial charge in [0, 0.05) is 19.3 Å². The maximum absolute atomic E-state index is 11.8. The molecule has 0 radical (unpaired) electrons. The third kappa shape index (κ3) is 14.5. The van der Waals surface area contributed by atoms with E-state index in [1.807, 2.05) is 0 Å². The Morgan fingerprint density at radius 3 is 1.76 bits per heavy atom. The van der Waals surface area contributed by atoms with Gasteiger partial charge in [-0.3, -0.25) is 14.4 Å². The van der Waals surface area contributed by atoms with E-state index in [9.17, 15) is 14.4 Å². The molecule has 0 amide bonds. The first kappa shape index (κ1) is 23.4. The van der Waals surface area contributed by atoms with Crippen LogP contribution in [0.5, 0.6) is 0 Å². The van der Waals surface area contributed by atoms with E-state index in [4.69, 9.17) is 14.2 Å². The summed E-state index contributed by atoms with van der Waals surface area (Å²) in [5, 5.41) is 0. The smallest absolute Gasteiger partial charge is 0.306 e. The van der Waals surface area contributed by atoms with Crippen molar-refractivity contribution in [3.05, 3.63) is 0 Å². The predicted octanol–water partition coefficient (Wildman–Crippen LogP) is 3.95. The number of rotatable bonds is 15. The molecule has 0 aliphatic heterocycles. The highest BCUT2D eigenvalue weighted by Crippen LogP contribution is 2.09. The molecule has 6 heteroatoms. The summed E-state index contributed by atoms with van der Waals surface area (Å²) in [7, 11) is 0. The first-order valence-corrected chi connectivity index (χ1v) is 9.54. The number of unbranched alkanes of at least 4 members (excludes halogenated alkanes) is 6. The summed E-state index contributed by atoms with van der Waals surface area (Å²) in [5.41, 5.74) is 0. The van der Waals surface area contributed by atoms with Crippen molar-refractivity contribution in [1.82, 2.24) is 0 Å². The van der Waals surface area contributed by atoms with E-state index in [2.05, 4.69) is 6.92 Å². The number of ether oxygens (including phenoxy) is 3. The van der Waals surface area contributed by atoms with E-state index in [1.165, 1.54) is 25.7 Å². The molecule has 1 atom stereocenters. The molecular formula is C19H34O6. The van der Waals surface area contributed by atoms with Gasteiger partial charge in [0.1, 0.15) is 13.2 Å². The van der Waals surface area contributed by atoms with E-state index in [0.717, 1.165) is 19.3 Å². The zero-order valence-electron chi connectivity index (χ0n) is 16.0. The summed E-state index contributed by atoms with van der Waals surface area (Å²) in [5.74, 6) is -1.11. The molecule has 0 heterocycles. The van der Waals surface area contributed by atoms with Crippen LogP contribution in [-0.2, 0) is 28.6 Å². The summed E-state index contributed by atoms with van der Waals surface area (Å²) in [6, 6.07) is 0. The quantitative estimate of drug-likeness (QED) is 0.251. The Labute approximate surface area is 151 Å².